The van der Waals surface area contributed by atoms with Gasteiger partial charge in [0.15, 0.2) is 0 Å². The molecule has 0 bridgehead atoms. The van der Waals surface area contributed by atoms with Crippen molar-refractivity contribution in [1.82, 2.24) is 20.2 Å². The van der Waals surface area contributed by atoms with E-state index in [9.17, 15) is 0 Å². The van der Waals surface area contributed by atoms with Gasteiger partial charge in [0.25, 0.3) is 0 Å². The van der Waals surface area contributed by atoms with Crippen molar-refractivity contribution < 1.29 is 0 Å². The zero-order valence-corrected chi connectivity index (χ0v) is 14.1. The van der Waals surface area contributed by atoms with E-state index in [1.165, 1.54) is 19.4 Å². The number of likely N-dealkylation sites (tertiary alicyclic amines) is 1. The molecular weight excluding hydrogens is 262 g/mol. The Labute approximate surface area is 128 Å². The summed E-state index contributed by atoms with van der Waals surface area (Å²) in [7, 11) is 4.32. The summed E-state index contributed by atoms with van der Waals surface area (Å²) in [6.07, 6.45) is 6.28. The molecule has 5 heteroatoms. The van der Waals surface area contributed by atoms with E-state index in [0.717, 1.165) is 24.6 Å². The van der Waals surface area contributed by atoms with Crippen molar-refractivity contribution in [2.75, 3.05) is 32.1 Å². The first-order valence-electron chi connectivity index (χ1n) is 7.82. The second kappa shape index (κ2) is 6.71. The number of aromatic nitrogens is 2. The maximum Gasteiger partial charge on any atom is 0.147 e. The van der Waals surface area contributed by atoms with Crippen LogP contribution in [0.1, 0.15) is 39.3 Å². The summed E-state index contributed by atoms with van der Waals surface area (Å²) in [5.41, 5.74) is 1.09. The molecule has 1 atom stereocenters. The predicted molar refractivity (Wildman–Crippen MR) is 87.5 cm³/mol. The molecule has 0 aliphatic carbocycles. The Hall–Kier alpha value is -1.20. The molecule has 1 fully saturated rings. The van der Waals surface area contributed by atoms with E-state index in [1.807, 2.05) is 12.4 Å². The topological polar surface area (TPSA) is 44.3 Å². The summed E-state index contributed by atoms with van der Waals surface area (Å²) in [6, 6.07) is 0.633. The van der Waals surface area contributed by atoms with Crippen LogP contribution < -0.4 is 10.2 Å². The van der Waals surface area contributed by atoms with Crippen LogP contribution in [0.3, 0.4) is 0 Å². The van der Waals surface area contributed by atoms with Gasteiger partial charge in [-0.2, -0.15) is 0 Å². The van der Waals surface area contributed by atoms with Crippen LogP contribution in [0.2, 0.25) is 0 Å². The molecule has 1 saturated heterocycles. The maximum absolute atomic E-state index is 4.73. The fourth-order valence-corrected chi connectivity index (χ4v) is 2.64. The fraction of sp³-hybridized carbons (Fsp3) is 0.750. The Morgan fingerprint density at radius 1 is 1.38 bits per heavy atom. The summed E-state index contributed by atoms with van der Waals surface area (Å²) < 4.78 is 0. The lowest BCUT2D eigenvalue weighted by Gasteiger charge is -2.26. The van der Waals surface area contributed by atoms with Crippen LogP contribution in [-0.4, -0.2) is 53.6 Å². The van der Waals surface area contributed by atoms with Gasteiger partial charge in [-0.1, -0.05) is 0 Å². The molecule has 5 nitrogen and oxygen atoms in total. The molecule has 0 amide bonds. The number of nitrogens with one attached hydrogen (secondary N) is 1. The number of rotatable bonds is 5. The third-order valence-corrected chi connectivity index (χ3v) is 4.02. The molecule has 0 spiro atoms. The first-order valence-corrected chi connectivity index (χ1v) is 7.82. The van der Waals surface area contributed by atoms with E-state index in [0.29, 0.717) is 6.04 Å². The van der Waals surface area contributed by atoms with Gasteiger partial charge >= 0.3 is 0 Å². The highest BCUT2D eigenvalue weighted by atomic mass is 15.2. The van der Waals surface area contributed by atoms with Gasteiger partial charge in [-0.15, -0.1) is 0 Å². The summed E-state index contributed by atoms with van der Waals surface area (Å²) in [5.74, 6) is 0.962. The zero-order valence-electron chi connectivity index (χ0n) is 14.1. The largest absolute Gasteiger partial charge is 0.357 e. The van der Waals surface area contributed by atoms with Crippen LogP contribution in [0.25, 0.3) is 0 Å². The van der Waals surface area contributed by atoms with Crippen molar-refractivity contribution in [3.05, 3.63) is 18.1 Å². The van der Waals surface area contributed by atoms with E-state index in [4.69, 9.17) is 4.98 Å². The van der Waals surface area contributed by atoms with Gasteiger partial charge in [0.1, 0.15) is 5.82 Å². The highest BCUT2D eigenvalue weighted by molar-refractivity contribution is 5.35. The molecule has 0 aromatic carbocycles. The quantitative estimate of drug-likeness (QED) is 0.897. The Morgan fingerprint density at radius 3 is 2.76 bits per heavy atom. The summed E-state index contributed by atoms with van der Waals surface area (Å²) in [4.78, 5) is 13.7. The molecule has 0 radical (unpaired) electrons. The van der Waals surface area contributed by atoms with Gasteiger partial charge in [0, 0.05) is 37.9 Å². The standard InChI is InChI=1S/C16H29N5/c1-16(2,3)18-10-13-9-17-11-15(19-13)21(5)12-14-7-6-8-20(14)4/h9,11,14,18H,6-8,10,12H2,1-5H3. The van der Waals surface area contributed by atoms with Gasteiger partial charge in [-0.3, -0.25) is 4.98 Å². The van der Waals surface area contributed by atoms with E-state index in [-0.39, 0.29) is 5.54 Å². The fourth-order valence-electron chi connectivity index (χ4n) is 2.64. The van der Waals surface area contributed by atoms with Gasteiger partial charge < -0.3 is 15.1 Å². The van der Waals surface area contributed by atoms with E-state index >= 15 is 0 Å². The minimum atomic E-state index is 0.0934. The third-order valence-electron chi connectivity index (χ3n) is 4.02. The Bertz CT molecular complexity index is 454. The van der Waals surface area contributed by atoms with Crippen LogP contribution in [0, 0.1) is 0 Å². The van der Waals surface area contributed by atoms with Gasteiger partial charge in [-0.05, 0) is 47.2 Å². The minimum Gasteiger partial charge on any atom is -0.357 e. The molecule has 1 aliphatic heterocycles. The first-order chi connectivity index (χ1) is 9.85. The lowest BCUT2D eigenvalue weighted by molar-refractivity contribution is 0.314. The molecule has 118 valence electrons. The van der Waals surface area contributed by atoms with Gasteiger partial charge in [-0.25, -0.2) is 4.98 Å². The summed E-state index contributed by atoms with van der Waals surface area (Å²) in [6.45, 7) is 9.45. The number of hydrogen-bond acceptors (Lipinski definition) is 5. The molecule has 1 aromatic rings. The SMILES string of the molecule is CN(CC1CCCN1C)c1cncc(CNC(C)(C)C)n1. The van der Waals surface area contributed by atoms with Crippen molar-refractivity contribution in [2.45, 2.75) is 51.7 Å². The number of hydrogen-bond donors (Lipinski definition) is 1. The zero-order chi connectivity index (χ0) is 15.5. The molecular formula is C16H29N5. The molecule has 1 unspecified atom stereocenters. The second-order valence-corrected chi connectivity index (χ2v) is 7.13. The number of nitrogens with zero attached hydrogens (tertiary/aromatic N) is 4. The minimum absolute atomic E-state index is 0.0934. The maximum atomic E-state index is 4.73. The molecule has 1 N–H and O–H groups in total. The molecule has 21 heavy (non-hydrogen) atoms. The van der Waals surface area contributed by atoms with Gasteiger partial charge in [0.05, 0.1) is 11.9 Å². The number of anilines is 1. The van der Waals surface area contributed by atoms with Crippen LogP contribution in [0.15, 0.2) is 12.4 Å². The van der Waals surface area contributed by atoms with Crippen LogP contribution in [-0.2, 0) is 6.54 Å². The highest BCUT2D eigenvalue weighted by Crippen LogP contribution is 2.18. The smallest absolute Gasteiger partial charge is 0.147 e. The van der Waals surface area contributed by atoms with Crippen molar-refractivity contribution in [3.8, 4) is 0 Å². The van der Waals surface area contributed by atoms with Gasteiger partial charge in [0.2, 0.25) is 0 Å². The molecule has 1 aliphatic rings. The third kappa shape index (κ3) is 4.93. The normalized spacial score (nSPS) is 20.0. The second-order valence-electron chi connectivity index (χ2n) is 7.13. The number of likely N-dealkylation sites (N-methyl/N-ethyl adjacent to an activating group) is 2. The molecule has 2 heterocycles. The van der Waals surface area contributed by atoms with Crippen molar-refractivity contribution in [1.29, 1.82) is 0 Å². The van der Waals surface area contributed by atoms with E-state index in [2.05, 4.69) is 55.0 Å². The lowest BCUT2D eigenvalue weighted by Crippen LogP contribution is -2.37. The molecule has 1 aromatic heterocycles. The van der Waals surface area contributed by atoms with Crippen LogP contribution in [0.4, 0.5) is 5.82 Å². The first kappa shape index (κ1) is 16.2. The highest BCUT2D eigenvalue weighted by Gasteiger charge is 2.22. The van der Waals surface area contributed by atoms with Crippen molar-refractivity contribution in [2.24, 2.45) is 0 Å². The average molecular weight is 291 g/mol. The molecule has 0 saturated carbocycles. The molecule has 2 rings (SSSR count). The Kier molecular flexibility index (Phi) is 5.17. The Balaban J connectivity index is 1.96. The van der Waals surface area contributed by atoms with Crippen molar-refractivity contribution in [3.63, 3.8) is 0 Å². The lowest BCUT2D eigenvalue weighted by atomic mass is 10.1. The van der Waals surface area contributed by atoms with Crippen LogP contribution in [0.5, 0.6) is 0 Å². The Morgan fingerprint density at radius 2 is 2.14 bits per heavy atom. The van der Waals surface area contributed by atoms with Crippen molar-refractivity contribution >= 4 is 5.82 Å². The predicted octanol–water partition coefficient (Wildman–Crippen LogP) is 1.90. The van der Waals surface area contributed by atoms with Crippen LogP contribution >= 0.6 is 0 Å². The summed E-state index contributed by atoms with van der Waals surface area (Å²) in [5, 5.41) is 3.46. The average Bonchev–Trinajstić information content (AvgIpc) is 2.81. The van der Waals surface area contributed by atoms with E-state index < -0.39 is 0 Å². The monoisotopic (exact) mass is 291 g/mol. The van der Waals surface area contributed by atoms with E-state index in [1.54, 1.807) is 0 Å². The summed E-state index contributed by atoms with van der Waals surface area (Å²) >= 11 is 0.